The summed E-state index contributed by atoms with van der Waals surface area (Å²) in [5.41, 5.74) is 8.33. The van der Waals surface area contributed by atoms with Crippen molar-refractivity contribution in [2.75, 3.05) is 18.8 Å². The molecule has 1 saturated carbocycles. The van der Waals surface area contributed by atoms with Crippen LogP contribution in [0.1, 0.15) is 68.1 Å². The maximum Gasteiger partial charge on any atom is 0.276 e. The zero-order valence-electron chi connectivity index (χ0n) is 13.0. The highest BCUT2D eigenvalue weighted by Crippen LogP contribution is 2.44. The number of amides is 1. The summed E-state index contributed by atoms with van der Waals surface area (Å²) in [5.74, 6) is -0.00545. The van der Waals surface area contributed by atoms with Gasteiger partial charge in [0.25, 0.3) is 5.91 Å². The molecule has 3 rings (SSSR count). The smallest absolute Gasteiger partial charge is 0.276 e. The van der Waals surface area contributed by atoms with Crippen molar-refractivity contribution in [1.29, 1.82) is 0 Å². The number of piperidine rings is 1. The molecule has 0 unspecified atom stereocenters. The molecule has 21 heavy (non-hydrogen) atoms. The number of nitrogens with two attached hydrogens (primary N) is 1. The van der Waals surface area contributed by atoms with Crippen molar-refractivity contribution >= 4 is 11.6 Å². The van der Waals surface area contributed by atoms with Gasteiger partial charge in [-0.1, -0.05) is 26.2 Å². The molecular weight excluding hydrogens is 264 g/mol. The van der Waals surface area contributed by atoms with E-state index in [1.807, 2.05) is 11.8 Å². The zero-order chi connectivity index (χ0) is 14.9. The average Bonchev–Trinajstić information content (AvgIpc) is 2.89. The molecule has 2 fully saturated rings. The number of carbonyl (C=O) groups is 1. The first-order valence-corrected chi connectivity index (χ1v) is 8.27. The summed E-state index contributed by atoms with van der Waals surface area (Å²) >= 11 is 0. The van der Waals surface area contributed by atoms with Gasteiger partial charge in [-0.25, -0.2) is 0 Å². The Morgan fingerprint density at radius 2 is 1.90 bits per heavy atom. The van der Waals surface area contributed by atoms with E-state index >= 15 is 0 Å². The average molecular weight is 290 g/mol. The quantitative estimate of drug-likeness (QED) is 0.879. The summed E-state index contributed by atoms with van der Waals surface area (Å²) < 4.78 is 0. The fraction of sp³-hybridized carbons (Fsp3) is 0.750. The number of aryl methyl sites for hydroxylation is 1. The first kappa shape index (κ1) is 14.4. The van der Waals surface area contributed by atoms with Gasteiger partial charge in [0, 0.05) is 13.1 Å². The van der Waals surface area contributed by atoms with Crippen LogP contribution in [0.15, 0.2) is 0 Å². The van der Waals surface area contributed by atoms with Crippen LogP contribution in [0.25, 0.3) is 0 Å². The van der Waals surface area contributed by atoms with Gasteiger partial charge in [0.2, 0.25) is 0 Å². The fourth-order valence-electron chi connectivity index (χ4n) is 3.95. The lowest BCUT2D eigenvalue weighted by atomic mass is 9.68. The van der Waals surface area contributed by atoms with Crippen LogP contribution in [0.3, 0.4) is 0 Å². The Balaban J connectivity index is 1.66. The van der Waals surface area contributed by atoms with E-state index in [0.717, 1.165) is 38.0 Å². The molecule has 5 heteroatoms. The third-order valence-corrected chi connectivity index (χ3v) is 5.46. The van der Waals surface area contributed by atoms with Gasteiger partial charge in [-0.3, -0.25) is 9.89 Å². The highest BCUT2D eigenvalue weighted by atomic mass is 16.2. The van der Waals surface area contributed by atoms with Crippen LogP contribution in [0.4, 0.5) is 5.69 Å². The second-order valence-corrected chi connectivity index (χ2v) is 6.67. The maximum atomic E-state index is 12.6. The van der Waals surface area contributed by atoms with E-state index < -0.39 is 0 Å². The largest absolute Gasteiger partial charge is 0.395 e. The first-order chi connectivity index (χ1) is 10.2. The summed E-state index contributed by atoms with van der Waals surface area (Å²) in [5, 5.41) is 7.00. The number of H-pyrrole nitrogens is 1. The highest BCUT2D eigenvalue weighted by Gasteiger charge is 2.37. The van der Waals surface area contributed by atoms with Crippen LogP contribution in [0, 0.1) is 5.41 Å². The van der Waals surface area contributed by atoms with E-state index in [1.165, 1.54) is 32.1 Å². The van der Waals surface area contributed by atoms with E-state index in [9.17, 15) is 4.79 Å². The number of nitrogens with zero attached hydrogens (tertiary/aromatic N) is 2. The van der Waals surface area contributed by atoms with Crippen molar-refractivity contribution in [2.24, 2.45) is 5.41 Å². The fourth-order valence-corrected chi connectivity index (χ4v) is 3.95. The van der Waals surface area contributed by atoms with Crippen LogP contribution in [-0.2, 0) is 6.42 Å². The minimum absolute atomic E-state index is 0.00545. The van der Waals surface area contributed by atoms with E-state index in [1.54, 1.807) is 0 Å². The molecule has 116 valence electrons. The van der Waals surface area contributed by atoms with Crippen molar-refractivity contribution in [3.8, 4) is 0 Å². The number of aromatic nitrogens is 2. The molecule has 0 radical (unpaired) electrons. The lowest BCUT2D eigenvalue weighted by Gasteiger charge is -2.44. The molecule has 0 aromatic carbocycles. The Morgan fingerprint density at radius 1 is 1.24 bits per heavy atom. The number of hydrogen-bond donors (Lipinski definition) is 2. The predicted molar refractivity (Wildman–Crippen MR) is 83.0 cm³/mol. The molecule has 5 nitrogen and oxygen atoms in total. The van der Waals surface area contributed by atoms with Crippen LogP contribution in [0.2, 0.25) is 0 Å². The maximum absolute atomic E-state index is 12.6. The number of likely N-dealkylation sites (tertiary alicyclic amines) is 1. The molecular formula is C16H26N4O. The Morgan fingerprint density at radius 3 is 2.48 bits per heavy atom. The third kappa shape index (κ3) is 2.65. The molecule has 1 aromatic heterocycles. The molecule has 0 bridgehead atoms. The van der Waals surface area contributed by atoms with Gasteiger partial charge < -0.3 is 10.6 Å². The van der Waals surface area contributed by atoms with Crippen molar-refractivity contribution in [3.05, 3.63) is 11.4 Å². The Hall–Kier alpha value is -1.52. The van der Waals surface area contributed by atoms with Crippen molar-refractivity contribution in [3.63, 3.8) is 0 Å². The Bertz CT molecular complexity index is 506. The SMILES string of the molecule is CCc1[nH]nc(C(=O)N2CCC3(CCCCC3)CC2)c1N. The molecule has 2 heterocycles. The molecule has 1 aromatic rings. The molecule has 1 aliphatic heterocycles. The Kier molecular flexibility index (Phi) is 3.91. The van der Waals surface area contributed by atoms with E-state index in [0.29, 0.717) is 16.8 Å². The van der Waals surface area contributed by atoms with Crippen LogP contribution < -0.4 is 5.73 Å². The molecule has 2 aliphatic rings. The van der Waals surface area contributed by atoms with Crippen molar-refractivity contribution in [2.45, 2.75) is 58.3 Å². The van der Waals surface area contributed by atoms with Gasteiger partial charge in [0.05, 0.1) is 11.4 Å². The zero-order valence-corrected chi connectivity index (χ0v) is 13.0. The number of aromatic amines is 1. The first-order valence-electron chi connectivity index (χ1n) is 8.27. The molecule has 1 spiro atoms. The number of carbonyl (C=O) groups excluding carboxylic acids is 1. The Labute approximate surface area is 126 Å². The van der Waals surface area contributed by atoms with Crippen molar-refractivity contribution in [1.82, 2.24) is 15.1 Å². The second-order valence-electron chi connectivity index (χ2n) is 6.67. The topological polar surface area (TPSA) is 75.0 Å². The monoisotopic (exact) mass is 290 g/mol. The van der Waals surface area contributed by atoms with Gasteiger partial charge in [-0.2, -0.15) is 5.10 Å². The number of rotatable bonds is 2. The highest BCUT2D eigenvalue weighted by molar-refractivity contribution is 5.97. The molecule has 1 amide bonds. The number of hydrogen-bond acceptors (Lipinski definition) is 3. The van der Waals surface area contributed by atoms with Gasteiger partial charge in [-0.05, 0) is 37.5 Å². The van der Waals surface area contributed by atoms with E-state index in [4.69, 9.17) is 5.73 Å². The van der Waals surface area contributed by atoms with Crippen LogP contribution in [0.5, 0.6) is 0 Å². The lowest BCUT2D eigenvalue weighted by Crippen LogP contribution is -2.44. The molecule has 1 saturated heterocycles. The number of nitrogens with one attached hydrogen (secondary N) is 1. The second kappa shape index (κ2) is 5.70. The van der Waals surface area contributed by atoms with E-state index in [-0.39, 0.29) is 5.91 Å². The lowest BCUT2D eigenvalue weighted by molar-refractivity contribution is 0.0468. The normalized spacial score (nSPS) is 21.7. The molecule has 0 atom stereocenters. The molecule has 1 aliphatic carbocycles. The summed E-state index contributed by atoms with van der Waals surface area (Å²) in [6.07, 6.45) is 9.86. The summed E-state index contributed by atoms with van der Waals surface area (Å²) in [4.78, 5) is 14.5. The van der Waals surface area contributed by atoms with E-state index in [2.05, 4.69) is 10.2 Å². The minimum Gasteiger partial charge on any atom is -0.395 e. The predicted octanol–water partition coefficient (Wildman–Crippen LogP) is 2.74. The minimum atomic E-state index is -0.00545. The van der Waals surface area contributed by atoms with Crippen molar-refractivity contribution < 1.29 is 4.79 Å². The third-order valence-electron chi connectivity index (χ3n) is 5.46. The molecule has 3 N–H and O–H groups in total. The van der Waals surface area contributed by atoms with Gasteiger partial charge in [0.1, 0.15) is 0 Å². The number of nitrogen functional groups attached to an aromatic ring is 1. The van der Waals surface area contributed by atoms with Gasteiger partial charge in [-0.15, -0.1) is 0 Å². The standard InChI is InChI=1S/C16H26N4O/c1-2-12-13(17)14(19-18-12)15(21)20-10-8-16(9-11-20)6-4-3-5-7-16/h2-11,17H2,1H3,(H,18,19). The van der Waals surface area contributed by atoms with Crippen LogP contribution in [-0.4, -0.2) is 34.1 Å². The van der Waals surface area contributed by atoms with Gasteiger partial charge >= 0.3 is 0 Å². The number of anilines is 1. The van der Waals surface area contributed by atoms with Gasteiger partial charge in [0.15, 0.2) is 5.69 Å². The summed E-state index contributed by atoms with van der Waals surface area (Å²) in [6.45, 7) is 3.71. The van der Waals surface area contributed by atoms with Crippen LogP contribution >= 0.6 is 0 Å². The summed E-state index contributed by atoms with van der Waals surface area (Å²) in [6, 6.07) is 0. The summed E-state index contributed by atoms with van der Waals surface area (Å²) in [7, 11) is 0.